The molecule has 1 aliphatic heterocycles. The van der Waals surface area contributed by atoms with Gasteiger partial charge in [0.15, 0.2) is 0 Å². The van der Waals surface area contributed by atoms with Gasteiger partial charge in [0.05, 0.1) is 21.6 Å². The number of fused-ring (bicyclic) bond motifs is 1. The number of hydrogen-bond donors (Lipinski definition) is 2. The molecule has 1 aliphatic rings. The highest BCUT2D eigenvalue weighted by atomic mass is 35.5. The minimum atomic E-state index is -0.517. The molecule has 1 saturated heterocycles. The molecule has 4 rings (SSSR count). The molecule has 2 N–H and O–H groups in total. The molecule has 1 aromatic carbocycles. The molecular formula is C17H13Cl2N3O3S. The van der Waals surface area contributed by atoms with Gasteiger partial charge in [-0.3, -0.25) is 14.2 Å². The van der Waals surface area contributed by atoms with Gasteiger partial charge in [0, 0.05) is 23.4 Å². The lowest BCUT2D eigenvalue weighted by Crippen LogP contribution is -2.43. The number of nitrogens with one attached hydrogen (secondary N) is 2. The Balaban J connectivity index is 1.90. The van der Waals surface area contributed by atoms with E-state index in [4.69, 9.17) is 23.2 Å². The van der Waals surface area contributed by atoms with Gasteiger partial charge >= 0.3 is 5.69 Å². The number of benzene rings is 1. The van der Waals surface area contributed by atoms with E-state index in [0.29, 0.717) is 43.7 Å². The molecule has 3 heterocycles. The average Bonchev–Trinajstić information content (AvgIpc) is 2.98. The van der Waals surface area contributed by atoms with Crippen molar-refractivity contribution in [1.82, 2.24) is 14.9 Å². The van der Waals surface area contributed by atoms with Gasteiger partial charge < -0.3 is 10.3 Å². The lowest BCUT2D eigenvalue weighted by Gasteiger charge is -2.23. The number of rotatable bonds is 2. The van der Waals surface area contributed by atoms with Gasteiger partial charge in [-0.2, -0.15) is 0 Å². The number of aromatic amines is 1. The number of hydrogen-bond acceptors (Lipinski definition) is 4. The first kappa shape index (κ1) is 17.3. The third kappa shape index (κ3) is 2.86. The van der Waals surface area contributed by atoms with Crippen molar-refractivity contribution in [3.05, 3.63) is 55.1 Å². The van der Waals surface area contributed by atoms with E-state index in [9.17, 15) is 14.4 Å². The minimum absolute atomic E-state index is 0.114. The second-order valence-electron chi connectivity index (χ2n) is 6.05. The summed E-state index contributed by atoms with van der Waals surface area (Å²) in [5, 5.41) is 3.64. The fourth-order valence-corrected chi connectivity index (χ4v) is 5.03. The van der Waals surface area contributed by atoms with E-state index in [-0.39, 0.29) is 12.3 Å². The van der Waals surface area contributed by atoms with Gasteiger partial charge in [-0.05, 0) is 24.6 Å². The second-order valence-corrected chi connectivity index (χ2v) is 7.92. The van der Waals surface area contributed by atoms with Crippen LogP contribution < -0.4 is 16.6 Å². The molecule has 0 radical (unpaired) electrons. The molecule has 0 aliphatic carbocycles. The van der Waals surface area contributed by atoms with Crippen molar-refractivity contribution in [3.8, 4) is 10.4 Å². The molecule has 26 heavy (non-hydrogen) atoms. The summed E-state index contributed by atoms with van der Waals surface area (Å²) in [4.78, 5) is 40.5. The van der Waals surface area contributed by atoms with Crippen LogP contribution in [-0.4, -0.2) is 22.0 Å². The predicted octanol–water partition coefficient (Wildman–Crippen LogP) is 3.18. The quantitative estimate of drug-likeness (QED) is 0.681. The van der Waals surface area contributed by atoms with Crippen molar-refractivity contribution in [1.29, 1.82) is 0 Å². The molecule has 134 valence electrons. The second kappa shape index (κ2) is 6.57. The fourth-order valence-electron chi connectivity index (χ4n) is 3.19. The number of aromatic nitrogens is 2. The average molecular weight is 410 g/mol. The Morgan fingerprint density at radius 1 is 1.15 bits per heavy atom. The van der Waals surface area contributed by atoms with E-state index >= 15 is 0 Å². The van der Waals surface area contributed by atoms with Gasteiger partial charge in [0.1, 0.15) is 4.70 Å². The van der Waals surface area contributed by atoms with Crippen LogP contribution in [0.1, 0.15) is 18.9 Å². The van der Waals surface area contributed by atoms with E-state index in [0.717, 1.165) is 4.57 Å². The molecule has 1 atom stereocenters. The molecule has 1 unspecified atom stereocenters. The molecule has 0 spiro atoms. The molecule has 9 heteroatoms. The molecular weight excluding hydrogens is 397 g/mol. The molecule has 6 nitrogen and oxygen atoms in total. The molecule has 1 fully saturated rings. The van der Waals surface area contributed by atoms with Crippen molar-refractivity contribution < 1.29 is 4.79 Å². The number of halogens is 2. The van der Waals surface area contributed by atoms with E-state index in [1.54, 1.807) is 24.3 Å². The lowest BCUT2D eigenvalue weighted by molar-refractivity contribution is -0.123. The van der Waals surface area contributed by atoms with Gasteiger partial charge in [0.2, 0.25) is 5.91 Å². The lowest BCUT2D eigenvalue weighted by atomic mass is 10.1. The van der Waals surface area contributed by atoms with E-state index in [2.05, 4.69) is 10.3 Å². The minimum Gasteiger partial charge on any atom is -0.356 e. The first-order valence-electron chi connectivity index (χ1n) is 7.95. The van der Waals surface area contributed by atoms with E-state index in [1.807, 2.05) is 0 Å². The van der Waals surface area contributed by atoms with Crippen LogP contribution in [0.4, 0.5) is 0 Å². The summed E-state index contributed by atoms with van der Waals surface area (Å²) in [5.74, 6) is -0.164. The Morgan fingerprint density at radius 3 is 2.58 bits per heavy atom. The molecule has 3 aromatic rings. The number of H-pyrrole nitrogens is 1. The van der Waals surface area contributed by atoms with Gasteiger partial charge in [-0.15, -0.1) is 11.3 Å². The Morgan fingerprint density at radius 2 is 1.88 bits per heavy atom. The van der Waals surface area contributed by atoms with Crippen LogP contribution in [0.2, 0.25) is 10.0 Å². The van der Waals surface area contributed by atoms with Crippen LogP contribution in [0.15, 0.2) is 33.9 Å². The van der Waals surface area contributed by atoms with Gasteiger partial charge in [-0.25, -0.2) is 4.79 Å². The topological polar surface area (TPSA) is 84.0 Å². The zero-order valence-electron chi connectivity index (χ0n) is 13.3. The van der Waals surface area contributed by atoms with E-state index in [1.165, 1.54) is 11.3 Å². The summed E-state index contributed by atoms with van der Waals surface area (Å²) in [6, 6.07) is 6.43. The Labute approximate surface area is 161 Å². The number of carbonyl (C=O) groups excluding carboxylic acids is 1. The molecule has 0 bridgehead atoms. The Bertz CT molecular complexity index is 1130. The Hall–Kier alpha value is -2.09. The maximum Gasteiger partial charge on any atom is 0.329 e. The number of piperidine rings is 1. The smallest absolute Gasteiger partial charge is 0.329 e. The highest BCUT2D eigenvalue weighted by molar-refractivity contribution is 7.22. The highest BCUT2D eigenvalue weighted by Gasteiger charge is 2.25. The third-order valence-corrected chi connectivity index (χ3v) is 6.17. The number of thiophene rings is 1. The van der Waals surface area contributed by atoms with Crippen LogP contribution >= 0.6 is 34.5 Å². The number of carbonyl (C=O) groups is 1. The largest absolute Gasteiger partial charge is 0.356 e. The summed E-state index contributed by atoms with van der Waals surface area (Å²) in [5.41, 5.74) is 0.146. The number of amides is 1. The summed E-state index contributed by atoms with van der Waals surface area (Å²) in [7, 11) is 0. The van der Waals surface area contributed by atoms with Crippen LogP contribution in [0.5, 0.6) is 0 Å². The van der Waals surface area contributed by atoms with E-state index < -0.39 is 17.3 Å². The summed E-state index contributed by atoms with van der Waals surface area (Å²) in [6.45, 7) is 0.443. The van der Waals surface area contributed by atoms with Crippen molar-refractivity contribution in [2.24, 2.45) is 0 Å². The van der Waals surface area contributed by atoms with Crippen molar-refractivity contribution in [2.45, 2.75) is 18.9 Å². The zero-order valence-corrected chi connectivity index (χ0v) is 15.7. The normalized spacial score (nSPS) is 17.5. The van der Waals surface area contributed by atoms with Gasteiger partial charge in [-0.1, -0.05) is 29.3 Å². The molecule has 1 amide bonds. The van der Waals surface area contributed by atoms with Gasteiger partial charge in [0.25, 0.3) is 5.56 Å². The number of nitrogens with zero attached hydrogens (tertiary/aromatic N) is 1. The maximum atomic E-state index is 12.9. The molecule has 0 saturated carbocycles. The maximum absolute atomic E-state index is 12.9. The zero-order chi connectivity index (χ0) is 18.4. The fraction of sp³-hybridized carbons (Fsp3) is 0.235. The Kier molecular flexibility index (Phi) is 4.38. The van der Waals surface area contributed by atoms with Crippen molar-refractivity contribution >= 4 is 50.7 Å². The van der Waals surface area contributed by atoms with Crippen molar-refractivity contribution in [3.63, 3.8) is 0 Å². The summed E-state index contributed by atoms with van der Waals surface area (Å²) >= 11 is 13.7. The van der Waals surface area contributed by atoms with Crippen molar-refractivity contribution in [2.75, 3.05) is 6.54 Å². The van der Waals surface area contributed by atoms with Crippen LogP contribution in [-0.2, 0) is 4.79 Å². The van der Waals surface area contributed by atoms with Crippen LogP contribution in [0.25, 0.3) is 20.7 Å². The van der Waals surface area contributed by atoms with Crippen LogP contribution in [0.3, 0.4) is 0 Å². The van der Waals surface area contributed by atoms with Crippen LogP contribution in [0, 0.1) is 0 Å². The summed E-state index contributed by atoms with van der Waals surface area (Å²) < 4.78 is 1.55. The first-order valence-corrected chi connectivity index (χ1v) is 9.52. The predicted molar refractivity (Wildman–Crippen MR) is 103 cm³/mol. The summed E-state index contributed by atoms with van der Waals surface area (Å²) in [6.07, 6.45) is 0.651. The standard InChI is InChI=1S/C17H13Cl2N3O3S/c18-9-2-1-3-10(19)14(9)12-7-11-15(26-12)16(24)22(17(25)21-11)8-4-5-20-13(23)6-8/h1-3,7-8H,4-6H2,(H,20,23)(H,21,25). The molecule has 2 aromatic heterocycles. The monoisotopic (exact) mass is 409 g/mol. The third-order valence-electron chi connectivity index (χ3n) is 4.40. The first-order chi connectivity index (χ1) is 12.5. The SMILES string of the molecule is O=C1CC(n2c(=O)[nH]c3cc(-c4c(Cl)cccc4Cl)sc3c2=O)CCN1. The highest BCUT2D eigenvalue weighted by Crippen LogP contribution is 2.39.